The van der Waals surface area contributed by atoms with Gasteiger partial charge in [0, 0.05) is 17.1 Å². The minimum Gasteiger partial charge on any atom is -0.310 e. The Morgan fingerprint density at radius 2 is 0.933 bits per heavy atom. The second-order valence-corrected chi connectivity index (χ2v) is 13.7. The lowest BCUT2D eigenvalue weighted by atomic mass is 9.77. The molecule has 0 atom stereocenters. The molecule has 0 aliphatic heterocycles. The maximum Gasteiger partial charge on any atom is 0.0468 e. The van der Waals surface area contributed by atoms with Crippen LogP contribution in [-0.4, -0.2) is 0 Å². The Kier molecular flexibility index (Phi) is 6.22. The molecule has 0 amide bonds. The van der Waals surface area contributed by atoms with Crippen molar-refractivity contribution in [1.29, 1.82) is 0 Å². The lowest BCUT2D eigenvalue weighted by molar-refractivity contribution is 0.590. The fourth-order valence-electron chi connectivity index (χ4n) is 6.78. The zero-order chi connectivity index (χ0) is 30.9. The summed E-state index contributed by atoms with van der Waals surface area (Å²) >= 11 is 0. The summed E-state index contributed by atoms with van der Waals surface area (Å²) in [7, 11) is 0. The zero-order valence-corrected chi connectivity index (χ0v) is 26.6. The number of hydrogen-bond acceptors (Lipinski definition) is 1. The van der Waals surface area contributed by atoms with Gasteiger partial charge in [0.25, 0.3) is 0 Å². The highest BCUT2D eigenvalue weighted by Crippen LogP contribution is 2.51. The fraction of sp³-hybridized carbons (Fsp3) is 0.136. The van der Waals surface area contributed by atoms with Gasteiger partial charge in [-0.3, -0.25) is 0 Å². The summed E-state index contributed by atoms with van der Waals surface area (Å²) in [4.78, 5) is 2.36. The van der Waals surface area contributed by atoms with Crippen LogP contribution in [0.4, 0.5) is 17.1 Å². The highest BCUT2D eigenvalue weighted by Gasteiger charge is 2.24. The van der Waals surface area contributed by atoms with Crippen molar-refractivity contribution in [2.75, 3.05) is 4.90 Å². The molecule has 0 aromatic heterocycles. The molecule has 7 aromatic carbocycles. The van der Waals surface area contributed by atoms with E-state index >= 15 is 0 Å². The standard InChI is InChI=1S/C44H37N/c1-28-11-19-38(21-29(28)2)45(37-9-7-6-8-10-37)39-20-16-33-25-41-42-26-34-22-31(30-14-17-36(18-15-30)44(3,4)5)12-13-32(34)24-40(42)43(41)27-35(33)23-39/h6-27H,1-5H3. The van der Waals surface area contributed by atoms with Crippen LogP contribution in [-0.2, 0) is 5.41 Å². The molecule has 0 saturated heterocycles. The van der Waals surface area contributed by atoms with E-state index in [2.05, 4.69) is 173 Å². The van der Waals surface area contributed by atoms with Gasteiger partial charge in [0.05, 0.1) is 0 Å². The number of benzene rings is 7. The van der Waals surface area contributed by atoms with Crippen molar-refractivity contribution in [1.82, 2.24) is 0 Å². The van der Waals surface area contributed by atoms with Gasteiger partial charge >= 0.3 is 0 Å². The molecule has 0 saturated carbocycles. The highest BCUT2D eigenvalue weighted by atomic mass is 15.1. The molecule has 0 fully saturated rings. The number of aryl methyl sites for hydroxylation is 2. The van der Waals surface area contributed by atoms with Gasteiger partial charge in [0.2, 0.25) is 0 Å². The van der Waals surface area contributed by atoms with Crippen LogP contribution in [0.3, 0.4) is 0 Å². The number of fused-ring (bicyclic) bond motifs is 6. The third-order valence-corrected chi connectivity index (χ3v) is 9.62. The van der Waals surface area contributed by atoms with Crippen molar-refractivity contribution >= 4 is 38.6 Å². The average molecular weight is 580 g/mol. The lowest BCUT2D eigenvalue weighted by Crippen LogP contribution is -2.10. The molecule has 0 bridgehead atoms. The fourth-order valence-corrected chi connectivity index (χ4v) is 6.78. The van der Waals surface area contributed by atoms with E-state index in [4.69, 9.17) is 0 Å². The van der Waals surface area contributed by atoms with Crippen LogP contribution in [0.15, 0.2) is 133 Å². The molecule has 7 aromatic rings. The van der Waals surface area contributed by atoms with E-state index in [-0.39, 0.29) is 5.41 Å². The van der Waals surface area contributed by atoms with E-state index in [9.17, 15) is 0 Å². The first-order chi connectivity index (χ1) is 21.7. The number of rotatable bonds is 4. The monoisotopic (exact) mass is 579 g/mol. The Morgan fingerprint density at radius 1 is 0.400 bits per heavy atom. The maximum absolute atomic E-state index is 2.39. The van der Waals surface area contributed by atoms with E-state index in [1.54, 1.807) is 0 Å². The third kappa shape index (κ3) is 4.71. The third-order valence-electron chi connectivity index (χ3n) is 9.62. The zero-order valence-electron chi connectivity index (χ0n) is 26.6. The summed E-state index contributed by atoms with van der Waals surface area (Å²) in [6, 6.07) is 49.8. The SMILES string of the molecule is Cc1ccc(N(c2ccccc2)c2ccc3cc4c(cc3c2)-c2cc3ccc(-c5ccc(C(C)(C)C)cc5)cc3cc2-4)cc1C. The lowest BCUT2D eigenvalue weighted by Gasteiger charge is -2.28. The normalized spacial score (nSPS) is 12.1. The molecule has 1 aliphatic carbocycles. The average Bonchev–Trinajstić information content (AvgIpc) is 3.05. The highest BCUT2D eigenvalue weighted by molar-refractivity contribution is 6.12. The van der Waals surface area contributed by atoms with Crippen LogP contribution in [0.25, 0.3) is 54.9 Å². The number of para-hydroxylation sites is 1. The maximum atomic E-state index is 2.39. The molecule has 0 spiro atoms. The summed E-state index contributed by atoms with van der Waals surface area (Å²) < 4.78 is 0. The van der Waals surface area contributed by atoms with Gasteiger partial charge in [-0.05, 0) is 158 Å². The van der Waals surface area contributed by atoms with Crippen LogP contribution >= 0.6 is 0 Å². The molecule has 45 heavy (non-hydrogen) atoms. The van der Waals surface area contributed by atoms with Crippen molar-refractivity contribution in [3.05, 3.63) is 150 Å². The van der Waals surface area contributed by atoms with Crippen molar-refractivity contribution in [2.45, 2.75) is 40.0 Å². The summed E-state index contributed by atoms with van der Waals surface area (Å²) in [5, 5.41) is 5.10. The molecule has 0 radical (unpaired) electrons. The Hall–Kier alpha value is -5.14. The van der Waals surface area contributed by atoms with E-state index < -0.39 is 0 Å². The van der Waals surface area contributed by atoms with E-state index in [0.29, 0.717) is 0 Å². The van der Waals surface area contributed by atoms with Gasteiger partial charge in [-0.15, -0.1) is 0 Å². The summed E-state index contributed by atoms with van der Waals surface area (Å²) in [6.07, 6.45) is 0. The quantitative estimate of drug-likeness (QED) is 0.200. The van der Waals surface area contributed by atoms with Gasteiger partial charge in [-0.2, -0.15) is 0 Å². The van der Waals surface area contributed by atoms with Crippen LogP contribution in [0.5, 0.6) is 0 Å². The van der Waals surface area contributed by atoms with Crippen molar-refractivity contribution in [3.63, 3.8) is 0 Å². The van der Waals surface area contributed by atoms with E-state index in [1.165, 1.54) is 77.3 Å². The molecule has 1 heteroatoms. The first kappa shape index (κ1) is 27.4. The molecular formula is C44H37N. The molecule has 218 valence electrons. The Balaban J connectivity index is 1.17. The van der Waals surface area contributed by atoms with Gasteiger partial charge in [-0.1, -0.05) is 87.5 Å². The van der Waals surface area contributed by atoms with Gasteiger partial charge in [-0.25, -0.2) is 0 Å². The van der Waals surface area contributed by atoms with E-state index in [1.807, 2.05) is 0 Å². The molecular weight excluding hydrogens is 542 g/mol. The molecule has 0 heterocycles. The predicted octanol–water partition coefficient (Wildman–Crippen LogP) is 12.7. The Morgan fingerprint density at radius 3 is 1.56 bits per heavy atom. The minimum atomic E-state index is 0.158. The van der Waals surface area contributed by atoms with Gasteiger partial charge in [0.15, 0.2) is 0 Å². The van der Waals surface area contributed by atoms with Crippen molar-refractivity contribution in [2.24, 2.45) is 0 Å². The number of hydrogen-bond donors (Lipinski definition) is 0. The van der Waals surface area contributed by atoms with Crippen molar-refractivity contribution in [3.8, 4) is 33.4 Å². The molecule has 0 N–H and O–H groups in total. The second kappa shape index (κ2) is 10.2. The first-order valence-corrected chi connectivity index (χ1v) is 15.9. The Bertz CT molecular complexity index is 2250. The largest absolute Gasteiger partial charge is 0.310 e. The summed E-state index contributed by atoms with van der Waals surface area (Å²) in [6.45, 7) is 11.2. The van der Waals surface area contributed by atoms with Crippen LogP contribution in [0.2, 0.25) is 0 Å². The smallest absolute Gasteiger partial charge is 0.0468 e. The number of nitrogens with zero attached hydrogens (tertiary/aromatic N) is 1. The molecule has 1 nitrogen and oxygen atoms in total. The second-order valence-electron chi connectivity index (χ2n) is 13.7. The first-order valence-electron chi connectivity index (χ1n) is 15.9. The van der Waals surface area contributed by atoms with Gasteiger partial charge in [0.1, 0.15) is 0 Å². The van der Waals surface area contributed by atoms with Crippen molar-refractivity contribution < 1.29 is 0 Å². The van der Waals surface area contributed by atoms with E-state index in [0.717, 1.165) is 11.4 Å². The molecule has 0 unspecified atom stereocenters. The number of anilines is 3. The summed E-state index contributed by atoms with van der Waals surface area (Å²) in [5.74, 6) is 0. The predicted molar refractivity (Wildman–Crippen MR) is 194 cm³/mol. The van der Waals surface area contributed by atoms with Crippen LogP contribution in [0.1, 0.15) is 37.5 Å². The molecule has 1 aliphatic rings. The van der Waals surface area contributed by atoms with Gasteiger partial charge < -0.3 is 4.90 Å². The topological polar surface area (TPSA) is 3.24 Å². The Labute approximate surface area is 266 Å². The molecule has 8 rings (SSSR count). The van der Waals surface area contributed by atoms with Crippen LogP contribution < -0.4 is 4.90 Å². The minimum absolute atomic E-state index is 0.158. The van der Waals surface area contributed by atoms with Crippen LogP contribution in [0, 0.1) is 13.8 Å². The summed E-state index contributed by atoms with van der Waals surface area (Å²) in [5.41, 5.74) is 15.5.